The van der Waals surface area contributed by atoms with Gasteiger partial charge in [0.2, 0.25) is 0 Å². The molecule has 1 aromatic carbocycles. The topological polar surface area (TPSA) is 29.1 Å². The first-order chi connectivity index (χ1) is 6.99. The number of alkyl halides is 3. The van der Waals surface area contributed by atoms with E-state index in [4.69, 9.17) is 0 Å². The molecule has 15 heavy (non-hydrogen) atoms. The summed E-state index contributed by atoms with van der Waals surface area (Å²) in [6.45, 7) is 2.09. The van der Waals surface area contributed by atoms with Crippen LogP contribution in [-0.2, 0) is 6.18 Å². The van der Waals surface area contributed by atoms with Crippen molar-refractivity contribution in [1.29, 1.82) is 0 Å². The fraction of sp³-hybridized carbons (Fsp3) is 0.300. The Hall–Kier alpha value is -1.52. The number of carbonyl (C=O) groups is 1. The number of nitrogens with one attached hydrogen (secondary N) is 1. The van der Waals surface area contributed by atoms with Crippen molar-refractivity contribution in [2.45, 2.75) is 13.1 Å². The van der Waals surface area contributed by atoms with E-state index in [-0.39, 0.29) is 11.3 Å². The molecule has 0 heterocycles. The third-order valence-electron chi connectivity index (χ3n) is 1.85. The maximum Gasteiger partial charge on any atom is 0.418 e. The van der Waals surface area contributed by atoms with E-state index >= 15 is 0 Å². The molecule has 0 atom stereocenters. The molecule has 1 aromatic rings. The van der Waals surface area contributed by atoms with E-state index in [2.05, 4.69) is 5.32 Å². The summed E-state index contributed by atoms with van der Waals surface area (Å²) in [5.41, 5.74) is -0.798. The summed E-state index contributed by atoms with van der Waals surface area (Å²) in [7, 11) is 0. The van der Waals surface area contributed by atoms with Crippen LogP contribution in [0.15, 0.2) is 18.2 Å². The largest absolute Gasteiger partial charge is 0.418 e. The molecule has 5 heteroatoms. The van der Waals surface area contributed by atoms with Gasteiger partial charge in [0.05, 0.1) is 5.56 Å². The zero-order valence-corrected chi connectivity index (χ0v) is 8.06. The highest BCUT2D eigenvalue weighted by Crippen LogP contribution is 2.35. The lowest BCUT2D eigenvalue weighted by molar-refractivity contribution is -0.136. The van der Waals surface area contributed by atoms with Crippen LogP contribution in [0.5, 0.6) is 0 Å². The van der Waals surface area contributed by atoms with E-state index in [0.717, 1.165) is 6.07 Å². The number of rotatable bonds is 3. The molecule has 0 amide bonds. The number of aldehydes is 1. The van der Waals surface area contributed by atoms with Gasteiger partial charge in [0.1, 0.15) is 6.29 Å². The van der Waals surface area contributed by atoms with Crippen LogP contribution in [0, 0.1) is 0 Å². The Labute approximate surface area is 85.1 Å². The Morgan fingerprint density at radius 2 is 2.07 bits per heavy atom. The Morgan fingerprint density at radius 3 is 2.53 bits per heavy atom. The van der Waals surface area contributed by atoms with Crippen LogP contribution in [-0.4, -0.2) is 12.8 Å². The molecule has 0 aliphatic carbocycles. The number of anilines is 1. The van der Waals surface area contributed by atoms with Crippen LogP contribution < -0.4 is 5.32 Å². The molecule has 0 fully saturated rings. The van der Waals surface area contributed by atoms with Crippen molar-refractivity contribution in [3.05, 3.63) is 29.3 Å². The molecule has 2 nitrogen and oxygen atoms in total. The summed E-state index contributed by atoms with van der Waals surface area (Å²) in [6.07, 6.45) is -4.05. The number of carbonyl (C=O) groups excluding carboxylic acids is 1. The number of benzene rings is 1. The fourth-order valence-corrected chi connectivity index (χ4v) is 1.21. The van der Waals surface area contributed by atoms with Crippen molar-refractivity contribution in [2.75, 3.05) is 11.9 Å². The maximum absolute atomic E-state index is 12.5. The predicted molar refractivity (Wildman–Crippen MR) is 51.0 cm³/mol. The third-order valence-corrected chi connectivity index (χ3v) is 1.85. The molecule has 1 rings (SSSR count). The summed E-state index contributed by atoms with van der Waals surface area (Å²) < 4.78 is 37.6. The van der Waals surface area contributed by atoms with Gasteiger partial charge in [-0.05, 0) is 25.1 Å². The summed E-state index contributed by atoms with van der Waals surface area (Å²) in [6, 6.07) is 3.45. The molecule has 0 unspecified atom stereocenters. The highest BCUT2D eigenvalue weighted by Gasteiger charge is 2.33. The van der Waals surface area contributed by atoms with Crippen molar-refractivity contribution in [1.82, 2.24) is 0 Å². The van der Waals surface area contributed by atoms with Gasteiger partial charge >= 0.3 is 6.18 Å². The zero-order valence-electron chi connectivity index (χ0n) is 8.06. The van der Waals surface area contributed by atoms with Crippen LogP contribution >= 0.6 is 0 Å². The van der Waals surface area contributed by atoms with Gasteiger partial charge in [-0.2, -0.15) is 13.2 Å². The van der Waals surface area contributed by atoms with Gasteiger partial charge < -0.3 is 5.32 Å². The average Bonchev–Trinajstić information content (AvgIpc) is 2.17. The molecule has 0 aliphatic rings. The van der Waals surface area contributed by atoms with Crippen molar-refractivity contribution < 1.29 is 18.0 Å². The second kappa shape index (κ2) is 4.33. The monoisotopic (exact) mass is 217 g/mol. The van der Waals surface area contributed by atoms with Crippen LogP contribution in [0.1, 0.15) is 22.8 Å². The summed E-state index contributed by atoms with van der Waals surface area (Å²) in [5, 5.41) is 2.60. The van der Waals surface area contributed by atoms with Crippen LogP contribution in [0.25, 0.3) is 0 Å². The molecule has 82 valence electrons. The summed E-state index contributed by atoms with van der Waals surface area (Å²) in [5.74, 6) is 0. The van der Waals surface area contributed by atoms with Crippen LogP contribution in [0.3, 0.4) is 0 Å². The average molecular weight is 217 g/mol. The molecule has 0 radical (unpaired) electrons. The van der Waals surface area contributed by atoms with Gasteiger partial charge in [-0.3, -0.25) is 4.79 Å². The maximum atomic E-state index is 12.5. The second-order valence-electron chi connectivity index (χ2n) is 2.95. The molecule has 0 aromatic heterocycles. The molecule has 1 N–H and O–H groups in total. The van der Waals surface area contributed by atoms with E-state index in [9.17, 15) is 18.0 Å². The first-order valence-electron chi connectivity index (χ1n) is 4.39. The van der Waals surface area contributed by atoms with E-state index in [0.29, 0.717) is 12.8 Å². The SMILES string of the molecule is CCNc1ccc(C=O)cc1C(F)(F)F. The molecule has 0 saturated heterocycles. The van der Waals surface area contributed by atoms with E-state index < -0.39 is 11.7 Å². The third kappa shape index (κ3) is 2.71. The van der Waals surface area contributed by atoms with Gasteiger partial charge in [-0.25, -0.2) is 0 Å². The van der Waals surface area contributed by atoms with E-state index in [1.165, 1.54) is 12.1 Å². The van der Waals surface area contributed by atoms with Crippen molar-refractivity contribution in [2.24, 2.45) is 0 Å². The highest BCUT2D eigenvalue weighted by molar-refractivity contribution is 5.77. The van der Waals surface area contributed by atoms with Gasteiger partial charge in [0, 0.05) is 17.8 Å². The molecular weight excluding hydrogens is 207 g/mol. The summed E-state index contributed by atoms with van der Waals surface area (Å²) in [4.78, 5) is 10.4. The van der Waals surface area contributed by atoms with Crippen LogP contribution in [0.4, 0.5) is 18.9 Å². The fourth-order valence-electron chi connectivity index (χ4n) is 1.21. The standard InChI is InChI=1S/C10H10F3NO/c1-2-14-9-4-3-7(6-15)5-8(9)10(11,12)13/h3-6,14H,2H2,1H3. The van der Waals surface area contributed by atoms with Crippen molar-refractivity contribution in [3.63, 3.8) is 0 Å². The molecule has 0 aliphatic heterocycles. The molecule has 0 spiro atoms. The first-order valence-corrected chi connectivity index (χ1v) is 4.39. The lowest BCUT2D eigenvalue weighted by atomic mass is 10.1. The lowest BCUT2D eigenvalue weighted by Gasteiger charge is -2.13. The first kappa shape index (κ1) is 11.6. The van der Waals surface area contributed by atoms with Crippen LogP contribution in [0.2, 0.25) is 0 Å². The number of hydrogen-bond acceptors (Lipinski definition) is 2. The van der Waals surface area contributed by atoms with Gasteiger partial charge in [-0.1, -0.05) is 0 Å². The molecular formula is C10H10F3NO. The zero-order chi connectivity index (χ0) is 11.5. The second-order valence-corrected chi connectivity index (χ2v) is 2.95. The van der Waals surface area contributed by atoms with Gasteiger partial charge in [-0.15, -0.1) is 0 Å². The minimum absolute atomic E-state index is 0.00407. The quantitative estimate of drug-likeness (QED) is 0.788. The van der Waals surface area contributed by atoms with E-state index in [1.807, 2.05) is 0 Å². The highest BCUT2D eigenvalue weighted by atomic mass is 19.4. The normalized spacial score (nSPS) is 11.2. The predicted octanol–water partition coefficient (Wildman–Crippen LogP) is 2.95. The summed E-state index contributed by atoms with van der Waals surface area (Å²) >= 11 is 0. The minimum Gasteiger partial charge on any atom is -0.385 e. The number of hydrogen-bond donors (Lipinski definition) is 1. The molecule has 0 saturated carbocycles. The Balaban J connectivity index is 3.22. The Kier molecular flexibility index (Phi) is 3.34. The van der Waals surface area contributed by atoms with E-state index in [1.54, 1.807) is 6.92 Å². The van der Waals surface area contributed by atoms with Crippen molar-refractivity contribution >= 4 is 12.0 Å². The minimum atomic E-state index is -4.45. The number of halogens is 3. The Morgan fingerprint density at radius 1 is 1.40 bits per heavy atom. The van der Waals surface area contributed by atoms with Gasteiger partial charge in [0.15, 0.2) is 0 Å². The lowest BCUT2D eigenvalue weighted by Crippen LogP contribution is -2.11. The van der Waals surface area contributed by atoms with Gasteiger partial charge in [0.25, 0.3) is 0 Å². The van der Waals surface area contributed by atoms with Crippen molar-refractivity contribution in [3.8, 4) is 0 Å². The smallest absolute Gasteiger partial charge is 0.385 e. The Bertz CT molecular complexity index is 360. The molecule has 0 bridgehead atoms.